The minimum absolute atomic E-state index is 0.0450. The average Bonchev–Trinajstić information content (AvgIpc) is 2.78. The number of benzene rings is 1. The van der Waals surface area contributed by atoms with Gasteiger partial charge in [-0.15, -0.1) is 11.3 Å². The molecule has 0 aliphatic rings. The SMILES string of the molecule is CC(=O)Nc1ccsc1CNc1cccc(C)c1Br. The van der Waals surface area contributed by atoms with Crippen molar-refractivity contribution in [3.8, 4) is 0 Å². The second-order valence-electron chi connectivity index (χ2n) is 4.23. The minimum Gasteiger partial charge on any atom is -0.379 e. The van der Waals surface area contributed by atoms with Crippen LogP contribution in [0.4, 0.5) is 11.4 Å². The highest BCUT2D eigenvalue weighted by Crippen LogP contribution is 2.28. The van der Waals surface area contributed by atoms with Crippen LogP contribution in [0.2, 0.25) is 0 Å². The van der Waals surface area contributed by atoms with Crippen LogP contribution in [0.5, 0.6) is 0 Å². The molecule has 0 unspecified atom stereocenters. The van der Waals surface area contributed by atoms with Gasteiger partial charge in [-0.2, -0.15) is 0 Å². The van der Waals surface area contributed by atoms with Gasteiger partial charge < -0.3 is 10.6 Å². The van der Waals surface area contributed by atoms with Gasteiger partial charge in [-0.25, -0.2) is 0 Å². The molecule has 1 heterocycles. The summed E-state index contributed by atoms with van der Waals surface area (Å²) in [6.45, 7) is 4.27. The van der Waals surface area contributed by atoms with E-state index in [1.807, 2.05) is 23.6 Å². The van der Waals surface area contributed by atoms with Crippen molar-refractivity contribution in [3.63, 3.8) is 0 Å². The van der Waals surface area contributed by atoms with Gasteiger partial charge in [0.1, 0.15) is 0 Å². The Morgan fingerprint density at radius 2 is 2.11 bits per heavy atom. The number of carbonyl (C=O) groups excluding carboxylic acids is 1. The zero-order valence-corrected chi connectivity index (χ0v) is 13.2. The third-order valence-corrected chi connectivity index (χ3v) is 4.66. The Labute approximate surface area is 125 Å². The molecule has 2 rings (SSSR count). The number of aryl methyl sites for hydroxylation is 1. The van der Waals surface area contributed by atoms with Crippen LogP contribution in [0.15, 0.2) is 34.1 Å². The summed E-state index contributed by atoms with van der Waals surface area (Å²) in [4.78, 5) is 12.2. The number of anilines is 2. The maximum absolute atomic E-state index is 11.1. The van der Waals surface area contributed by atoms with E-state index in [1.54, 1.807) is 11.3 Å². The summed E-state index contributed by atoms with van der Waals surface area (Å²) in [7, 11) is 0. The molecule has 0 bridgehead atoms. The molecule has 0 aliphatic heterocycles. The van der Waals surface area contributed by atoms with Crippen LogP contribution in [0.3, 0.4) is 0 Å². The van der Waals surface area contributed by atoms with E-state index in [-0.39, 0.29) is 5.91 Å². The summed E-state index contributed by atoms with van der Waals surface area (Å²) < 4.78 is 1.08. The van der Waals surface area contributed by atoms with Crippen LogP contribution in [-0.4, -0.2) is 5.91 Å². The highest BCUT2D eigenvalue weighted by atomic mass is 79.9. The minimum atomic E-state index is -0.0450. The molecule has 3 nitrogen and oxygen atoms in total. The summed E-state index contributed by atoms with van der Waals surface area (Å²) in [5.41, 5.74) is 3.13. The normalized spacial score (nSPS) is 10.3. The predicted molar refractivity (Wildman–Crippen MR) is 84.8 cm³/mol. The number of hydrogen-bond donors (Lipinski definition) is 2. The molecule has 1 aromatic heterocycles. The van der Waals surface area contributed by atoms with E-state index < -0.39 is 0 Å². The fourth-order valence-electron chi connectivity index (χ4n) is 1.74. The number of carbonyl (C=O) groups is 1. The van der Waals surface area contributed by atoms with Crippen molar-refractivity contribution in [1.82, 2.24) is 0 Å². The van der Waals surface area contributed by atoms with E-state index in [1.165, 1.54) is 12.5 Å². The van der Waals surface area contributed by atoms with Crippen LogP contribution in [0.25, 0.3) is 0 Å². The van der Waals surface area contributed by atoms with E-state index in [2.05, 4.69) is 39.6 Å². The Bertz CT molecular complexity index is 595. The zero-order valence-electron chi connectivity index (χ0n) is 10.8. The summed E-state index contributed by atoms with van der Waals surface area (Å²) >= 11 is 5.20. The van der Waals surface area contributed by atoms with Crippen molar-refractivity contribution in [2.24, 2.45) is 0 Å². The molecule has 2 N–H and O–H groups in total. The lowest BCUT2D eigenvalue weighted by molar-refractivity contribution is -0.114. The van der Waals surface area contributed by atoms with Crippen LogP contribution < -0.4 is 10.6 Å². The molecule has 0 radical (unpaired) electrons. The van der Waals surface area contributed by atoms with Gasteiger partial charge in [-0.3, -0.25) is 4.79 Å². The largest absolute Gasteiger partial charge is 0.379 e. The van der Waals surface area contributed by atoms with E-state index in [0.717, 1.165) is 20.7 Å². The van der Waals surface area contributed by atoms with E-state index in [9.17, 15) is 4.79 Å². The maximum atomic E-state index is 11.1. The van der Waals surface area contributed by atoms with Crippen molar-refractivity contribution >= 4 is 44.5 Å². The average molecular weight is 339 g/mol. The molecule has 0 fully saturated rings. The Balaban J connectivity index is 2.08. The summed E-state index contributed by atoms with van der Waals surface area (Å²) in [5.74, 6) is -0.0450. The molecule has 0 atom stereocenters. The zero-order chi connectivity index (χ0) is 13.8. The lowest BCUT2D eigenvalue weighted by Gasteiger charge is -2.10. The number of halogens is 1. The quantitative estimate of drug-likeness (QED) is 0.867. The van der Waals surface area contributed by atoms with Gasteiger partial charge in [0.25, 0.3) is 0 Å². The number of hydrogen-bond acceptors (Lipinski definition) is 3. The predicted octanol–water partition coefficient (Wildman–Crippen LogP) is 4.39. The summed E-state index contributed by atoms with van der Waals surface area (Å²) in [5, 5.41) is 8.20. The lowest BCUT2D eigenvalue weighted by atomic mass is 10.2. The number of thiophene rings is 1. The second-order valence-corrected chi connectivity index (χ2v) is 6.02. The van der Waals surface area contributed by atoms with Gasteiger partial charge in [-0.05, 0) is 45.9 Å². The van der Waals surface area contributed by atoms with Crippen molar-refractivity contribution < 1.29 is 4.79 Å². The van der Waals surface area contributed by atoms with Crippen molar-refractivity contribution in [2.45, 2.75) is 20.4 Å². The molecule has 0 spiro atoms. The Kier molecular flexibility index (Phi) is 4.61. The molecule has 100 valence electrons. The van der Waals surface area contributed by atoms with Crippen LogP contribution >= 0.6 is 27.3 Å². The molecule has 2 aromatic rings. The van der Waals surface area contributed by atoms with Gasteiger partial charge in [0, 0.05) is 22.0 Å². The molecule has 0 aliphatic carbocycles. The van der Waals surface area contributed by atoms with Crippen molar-refractivity contribution in [2.75, 3.05) is 10.6 Å². The molecule has 1 amide bonds. The fraction of sp³-hybridized carbons (Fsp3) is 0.214. The summed E-state index contributed by atoms with van der Waals surface area (Å²) in [6, 6.07) is 8.03. The van der Waals surface area contributed by atoms with Crippen molar-refractivity contribution in [3.05, 3.63) is 44.6 Å². The monoisotopic (exact) mass is 338 g/mol. The van der Waals surface area contributed by atoms with Gasteiger partial charge in [0.15, 0.2) is 0 Å². The molecule has 0 saturated heterocycles. The lowest BCUT2D eigenvalue weighted by Crippen LogP contribution is -2.08. The van der Waals surface area contributed by atoms with E-state index in [0.29, 0.717) is 6.54 Å². The fourth-order valence-corrected chi connectivity index (χ4v) is 2.91. The highest BCUT2D eigenvalue weighted by molar-refractivity contribution is 9.10. The molecule has 19 heavy (non-hydrogen) atoms. The van der Waals surface area contributed by atoms with Crippen LogP contribution in [0, 0.1) is 6.92 Å². The first-order valence-corrected chi connectivity index (χ1v) is 7.58. The number of nitrogens with one attached hydrogen (secondary N) is 2. The van der Waals surface area contributed by atoms with Crippen LogP contribution in [-0.2, 0) is 11.3 Å². The Morgan fingerprint density at radius 3 is 2.84 bits per heavy atom. The highest BCUT2D eigenvalue weighted by Gasteiger charge is 2.07. The summed E-state index contributed by atoms with van der Waals surface area (Å²) in [6.07, 6.45) is 0. The molecular formula is C14H15BrN2OS. The van der Waals surface area contributed by atoms with Crippen molar-refractivity contribution in [1.29, 1.82) is 0 Å². The maximum Gasteiger partial charge on any atom is 0.221 e. The Morgan fingerprint density at radius 1 is 1.32 bits per heavy atom. The molecule has 1 aromatic carbocycles. The first kappa shape index (κ1) is 14.1. The van der Waals surface area contributed by atoms with Gasteiger partial charge in [0.2, 0.25) is 5.91 Å². The van der Waals surface area contributed by atoms with E-state index >= 15 is 0 Å². The number of amides is 1. The smallest absolute Gasteiger partial charge is 0.221 e. The number of rotatable bonds is 4. The Hall–Kier alpha value is -1.33. The molecule has 0 saturated carbocycles. The van der Waals surface area contributed by atoms with Gasteiger partial charge in [0.05, 0.1) is 12.2 Å². The first-order valence-electron chi connectivity index (χ1n) is 5.91. The van der Waals surface area contributed by atoms with Gasteiger partial charge in [-0.1, -0.05) is 12.1 Å². The van der Waals surface area contributed by atoms with E-state index in [4.69, 9.17) is 0 Å². The second kappa shape index (κ2) is 6.21. The topological polar surface area (TPSA) is 41.1 Å². The van der Waals surface area contributed by atoms with Gasteiger partial charge >= 0.3 is 0 Å². The molecular weight excluding hydrogens is 324 g/mol. The standard InChI is InChI=1S/C14H15BrN2OS/c1-9-4-3-5-12(14(9)15)16-8-13-11(6-7-19-13)17-10(2)18/h3-7,16H,8H2,1-2H3,(H,17,18). The third-order valence-electron chi connectivity index (χ3n) is 2.69. The first-order chi connectivity index (χ1) is 9.08. The molecule has 5 heteroatoms. The third kappa shape index (κ3) is 3.58. The van der Waals surface area contributed by atoms with Crippen LogP contribution in [0.1, 0.15) is 17.4 Å².